The smallest absolute Gasteiger partial charge is 0.255 e. The van der Waals surface area contributed by atoms with Crippen molar-refractivity contribution in [3.05, 3.63) is 0 Å². The Morgan fingerprint density at radius 2 is 2.25 bits per heavy atom. The first-order valence-corrected chi connectivity index (χ1v) is 4.29. The summed E-state index contributed by atoms with van der Waals surface area (Å²) in [5.74, 6) is -0.510. The molecule has 0 spiro atoms. The topological polar surface area (TPSA) is 49.3 Å². The summed E-state index contributed by atoms with van der Waals surface area (Å²) in [5.41, 5.74) is 0. The van der Waals surface area contributed by atoms with E-state index < -0.39 is 12.1 Å². The molecule has 1 aliphatic carbocycles. The minimum Gasteiger partial charge on any atom is -0.394 e. The van der Waals surface area contributed by atoms with Crippen molar-refractivity contribution in [2.75, 3.05) is 6.61 Å². The van der Waals surface area contributed by atoms with E-state index in [1.54, 1.807) is 0 Å². The van der Waals surface area contributed by atoms with Crippen LogP contribution < -0.4 is 5.32 Å². The molecule has 1 amide bonds. The highest BCUT2D eigenvalue weighted by atomic mass is 19.1. The predicted octanol–water partition coefficient (Wildman–Crippen LogP) is -0.159. The summed E-state index contributed by atoms with van der Waals surface area (Å²) in [7, 11) is 0. The average molecular weight is 173 g/mol. The minimum atomic E-state index is -1.39. The maximum atomic E-state index is 13.2. The predicted molar refractivity (Wildman–Crippen MR) is 40.1 cm³/mol. The molecule has 1 unspecified atom stereocenters. The van der Waals surface area contributed by atoms with E-state index in [-0.39, 0.29) is 18.6 Å². The van der Waals surface area contributed by atoms with Crippen molar-refractivity contribution in [1.29, 1.82) is 0 Å². The zero-order valence-electron chi connectivity index (χ0n) is 6.66. The van der Waals surface area contributed by atoms with Crippen LogP contribution in [0, 0.1) is 11.8 Å². The molecule has 2 fully saturated rings. The molecular formula is C8H12FNO2. The zero-order chi connectivity index (χ0) is 8.72. The second kappa shape index (κ2) is 2.69. The number of halogens is 1. The molecule has 0 aromatic heterocycles. The van der Waals surface area contributed by atoms with E-state index in [0.29, 0.717) is 5.92 Å². The molecule has 12 heavy (non-hydrogen) atoms. The maximum Gasteiger partial charge on any atom is 0.255 e. The van der Waals surface area contributed by atoms with Gasteiger partial charge in [0, 0.05) is 5.92 Å². The fourth-order valence-corrected chi connectivity index (χ4v) is 1.95. The molecule has 1 saturated carbocycles. The summed E-state index contributed by atoms with van der Waals surface area (Å²) in [6.07, 6.45) is 0.599. The average Bonchev–Trinajstić information content (AvgIpc) is 2.82. The number of rotatable bonds is 2. The van der Waals surface area contributed by atoms with Crippen LogP contribution in [0.15, 0.2) is 0 Å². The molecule has 1 heterocycles. The first kappa shape index (κ1) is 7.98. The van der Waals surface area contributed by atoms with Gasteiger partial charge in [-0.25, -0.2) is 4.39 Å². The number of alkyl halides is 1. The lowest BCUT2D eigenvalue weighted by molar-refractivity contribution is -0.124. The quantitative estimate of drug-likeness (QED) is 0.609. The molecule has 2 N–H and O–H groups in total. The van der Waals surface area contributed by atoms with Gasteiger partial charge in [0.15, 0.2) is 6.17 Å². The Labute approximate surface area is 70.0 Å². The highest BCUT2D eigenvalue weighted by Crippen LogP contribution is 2.43. The van der Waals surface area contributed by atoms with Gasteiger partial charge in [0.05, 0.1) is 12.6 Å². The molecule has 2 aliphatic rings. The fourth-order valence-electron chi connectivity index (χ4n) is 1.95. The summed E-state index contributed by atoms with van der Waals surface area (Å²) in [4.78, 5) is 10.9. The van der Waals surface area contributed by atoms with Crippen molar-refractivity contribution >= 4 is 5.91 Å². The van der Waals surface area contributed by atoms with Crippen molar-refractivity contribution in [3.63, 3.8) is 0 Å². The van der Waals surface area contributed by atoms with Gasteiger partial charge in [-0.2, -0.15) is 0 Å². The van der Waals surface area contributed by atoms with E-state index >= 15 is 0 Å². The highest BCUT2D eigenvalue weighted by Gasteiger charge is 2.49. The van der Waals surface area contributed by atoms with Gasteiger partial charge in [-0.3, -0.25) is 4.79 Å². The highest BCUT2D eigenvalue weighted by molar-refractivity contribution is 5.84. The van der Waals surface area contributed by atoms with E-state index in [1.165, 1.54) is 0 Å². The number of carbonyl (C=O) groups excluding carboxylic acids is 1. The molecule has 0 radical (unpaired) electrons. The largest absolute Gasteiger partial charge is 0.394 e. The number of nitrogens with one attached hydrogen (secondary N) is 1. The van der Waals surface area contributed by atoms with Crippen LogP contribution in [0.4, 0.5) is 4.39 Å². The Hall–Kier alpha value is -0.640. The van der Waals surface area contributed by atoms with Crippen LogP contribution in [-0.2, 0) is 4.79 Å². The van der Waals surface area contributed by atoms with E-state index in [2.05, 4.69) is 5.32 Å². The zero-order valence-corrected chi connectivity index (χ0v) is 6.66. The van der Waals surface area contributed by atoms with Gasteiger partial charge >= 0.3 is 0 Å². The summed E-state index contributed by atoms with van der Waals surface area (Å²) in [6, 6.07) is -0.347. The van der Waals surface area contributed by atoms with Crippen LogP contribution >= 0.6 is 0 Å². The van der Waals surface area contributed by atoms with Crippen LogP contribution in [-0.4, -0.2) is 29.8 Å². The van der Waals surface area contributed by atoms with Gasteiger partial charge in [0.25, 0.3) is 5.91 Å². The van der Waals surface area contributed by atoms with Crippen LogP contribution in [0.1, 0.15) is 12.8 Å². The van der Waals surface area contributed by atoms with Crippen LogP contribution in [0.3, 0.4) is 0 Å². The van der Waals surface area contributed by atoms with Crippen molar-refractivity contribution in [1.82, 2.24) is 5.32 Å². The van der Waals surface area contributed by atoms with Crippen LogP contribution in [0.5, 0.6) is 0 Å². The first-order chi connectivity index (χ1) is 5.74. The van der Waals surface area contributed by atoms with Crippen molar-refractivity contribution in [2.24, 2.45) is 11.8 Å². The third-order valence-corrected chi connectivity index (χ3v) is 2.74. The Morgan fingerprint density at radius 3 is 2.75 bits per heavy atom. The third-order valence-electron chi connectivity index (χ3n) is 2.74. The Balaban J connectivity index is 2.10. The van der Waals surface area contributed by atoms with Gasteiger partial charge in [-0.1, -0.05) is 0 Å². The van der Waals surface area contributed by atoms with Crippen LogP contribution in [0.25, 0.3) is 0 Å². The first-order valence-electron chi connectivity index (χ1n) is 4.29. The fraction of sp³-hybridized carbons (Fsp3) is 0.875. The van der Waals surface area contributed by atoms with E-state index in [1.807, 2.05) is 0 Å². The molecular weight excluding hydrogens is 161 g/mol. The number of aliphatic hydroxyl groups is 1. The van der Waals surface area contributed by atoms with E-state index in [4.69, 9.17) is 5.11 Å². The minimum absolute atomic E-state index is 0.146. The van der Waals surface area contributed by atoms with Crippen molar-refractivity contribution in [3.8, 4) is 0 Å². The molecule has 0 aromatic rings. The number of aliphatic hydroxyl groups excluding tert-OH is 1. The van der Waals surface area contributed by atoms with Crippen LogP contribution in [0.2, 0.25) is 0 Å². The van der Waals surface area contributed by atoms with Gasteiger partial charge < -0.3 is 10.4 Å². The maximum absolute atomic E-state index is 13.2. The number of hydrogen-bond donors (Lipinski definition) is 2. The molecule has 68 valence electrons. The normalized spacial score (nSPS) is 41.5. The molecule has 3 atom stereocenters. The summed E-state index contributed by atoms with van der Waals surface area (Å²) in [6.45, 7) is -0.146. The summed E-state index contributed by atoms with van der Waals surface area (Å²) >= 11 is 0. The molecule has 4 heteroatoms. The summed E-state index contributed by atoms with van der Waals surface area (Å²) < 4.78 is 13.2. The standard InChI is InChI=1S/C8H12FNO2/c9-7-6(4-1-2-4)5(3-11)10-8(7)12/h4-7,11H,1-3H2,(H,10,12)/t5-,6?,7-/m1/s1. The van der Waals surface area contributed by atoms with Gasteiger partial charge in [0.1, 0.15) is 0 Å². The Bertz CT molecular complexity index is 205. The number of hydrogen-bond acceptors (Lipinski definition) is 2. The Morgan fingerprint density at radius 1 is 1.58 bits per heavy atom. The molecule has 0 aromatic carbocycles. The number of amides is 1. The monoisotopic (exact) mass is 173 g/mol. The van der Waals surface area contributed by atoms with Gasteiger partial charge in [-0.15, -0.1) is 0 Å². The van der Waals surface area contributed by atoms with Crippen molar-refractivity contribution < 1.29 is 14.3 Å². The van der Waals surface area contributed by atoms with Gasteiger partial charge in [0.2, 0.25) is 0 Å². The SMILES string of the molecule is O=C1N[C@H](CO)C(C2CC2)[C@H]1F. The van der Waals surface area contributed by atoms with Gasteiger partial charge in [-0.05, 0) is 18.8 Å². The molecule has 1 aliphatic heterocycles. The second-order valence-corrected chi connectivity index (χ2v) is 3.61. The van der Waals surface area contributed by atoms with Crippen molar-refractivity contribution in [2.45, 2.75) is 25.1 Å². The Kier molecular flexibility index (Phi) is 1.79. The number of carbonyl (C=O) groups is 1. The third kappa shape index (κ3) is 1.10. The lowest BCUT2D eigenvalue weighted by Crippen LogP contribution is -2.33. The second-order valence-electron chi connectivity index (χ2n) is 3.61. The molecule has 3 nitrogen and oxygen atoms in total. The molecule has 1 saturated heterocycles. The molecule has 2 rings (SSSR count). The molecule has 0 bridgehead atoms. The van der Waals surface area contributed by atoms with E-state index in [0.717, 1.165) is 12.8 Å². The summed E-state index contributed by atoms with van der Waals surface area (Å²) in [5, 5.41) is 11.3. The lowest BCUT2D eigenvalue weighted by atomic mass is 9.94. The lowest BCUT2D eigenvalue weighted by Gasteiger charge is -2.15. The van der Waals surface area contributed by atoms with E-state index in [9.17, 15) is 9.18 Å².